The molecule has 0 aliphatic rings. The van der Waals surface area contributed by atoms with E-state index in [1.165, 1.54) is 12.3 Å². The summed E-state index contributed by atoms with van der Waals surface area (Å²) < 4.78 is 0. The molecule has 1 rings (SSSR count). The summed E-state index contributed by atoms with van der Waals surface area (Å²) in [5, 5.41) is 17.6. The highest BCUT2D eigenvalue weighted by Gasteiger charge is 2.12. The van der Waals surface area contributed by atoms with E-state index < -0.39 is 5.97 Å². The predicted octanol–water partition coefficient (Wildman–Crippen LogP) is 1.52. The summed E-state index contributed by atoms with van der Waals surface area (Å²) in [6.07, 6.45) is 1.46. The van der Waals surface area contributed by atoms with Crippen LogP contribution in [0.3, 0.4) is 0 Å². The summed E-state index contributed by atoms with van der Waals surface area (Å²) >= 11 is 5.95. The molecule has 0 aliphatic heterocycles. The number of carbonyl (C=O) groups is 1. The summed E-state index contributed by atoms with van der Waals surface area (Å²) in [6, 6.07) is 3.45. The Balaban J connectivity index is 2.88. The van der Waals surface area contributed by atoms with Gasteiger partial charge in [-0.05, 0) is 6.07 Å². The molecule has 0 aliphatic carbocycles. The molecular weight excluding hydrogens is 230 g/mol. The fourth-order valence-electron chi connectivity index (χ4n) is 1.15. The molecule has 0 amide bonds. The SMILES string of the molecule is CN(CCC(=O)O)c1nccc(C#N)c1Cl. The monoisotopic (exact) mass is 239 g/mol. The summed E-state index contributed by atoms with van der Waals surface area (Å²) in [6.45, 7) is 0.289. The van der Waals surface area contributed by atoms with Crippen molar-refractivity contribution in [2.45, 2.75) is 6.42 Å². The molecule has 16 heavy (non-hydrogen) atoms. The van der Waals surface area contributed by atoms with Gasteiger partial charge in [0.15, 0.2) is 0 Å². The summed E-state index contributed by atoms with van der Waals surface area (Å²) in [4.78, 5) is 16.0. The van der Waals surface area contributed by atoms with Gasteiger partial charge in [-0.15, -0.1) is 0 Å². The van der Waals surface area contributed by atoms with E-state index in [0.29, 0.717) is 11.4 Å². The van der Waals surface area contributed by atoms with Gasteiger partial charge in [-0.25, -0.2) is 4.98 Å². The molecule has 0 fully saturated rings. The number of anilines is 1. The second kappa shape index (κ2) is 5.33. The molecule has 0 saturated heterocycles. The number of nitriles is 1. The number of carboxylic acid groups (broad SMARTS) is 1. The molecule has 1 heterocycles. The minimum absolute atomic E-state index is 0.00864. The summed E-state index contributed by atoms with van der Waals surface area (Å²) in [5.41, 5.74) is 0.328. The van der Waals surface area contributed by atoms with Crippen LogP contribution in [0.2, 0.25) is 5.02 Å². The molecular formula is C10H10ClN3O2. The molecule has 0 aromatic carbocycles. The molecule has 1 aromatic heterocycles. The number of carboxylic acids is 1. The predicted molar refractivity (Wildman–Crippen MR) is 59.5 cm³/mol. The second-order valence-electron chi connectivity index (χ2n) is 3.17. The van der Waals surface area contributed by atoms with Gasteiger partial charge in [-0.3, -0.25) is 4.79 Å². The van der Waals surface area contributed by atoms with Gasteiger partial charge in [0.2, 0.25) is 0 Å². The topological polar surface area (TPSA) is 77.2 Å². The quantitative estimate of drug-likeness (QED) is 0.862. The van der Waals surface area contributed by atoms with Crippen LogP contribution in [-0.2, 0) is 4.79 Å². The zero-order valence-corrected chi connectivity index (χ0v) is 9.40. The fourth-order valence-corrected chi connectivity index (χ4v) is 1.45. The van der Waals surface area contributed by atoms with Crippen LogP contribution in [0.5, 0.6) is 0 Å². The van der Waals surface area contributed by atoms with Crippen LogP contribution in [0.4, 0.5) is 5.82 Å². The van der Waals surface area contributed by atoms with Crippen LogP contribution in [-0.4, -0.2) is 29.7 Å². The Morgan fingerprint density at radius 3 is 3.00 bits per heavy atom. The minimum atomic E-state index is -0.889. The van der Waals surface area contributed by atoms with E-state index in [1.54, 1.807) is 11.9 Å². The maximum absolute atomic E-state index is 10.4. The number of nitrogens with zero attached hydrogens (tertiary/aromatic N) is 3. The van der Waals surface area contributed by atoms with E-state index in [9.17, 15) is 4.79 Å². The summed E-state index contributed by atoms with van der Waals surface area (Å²) in [5.74, 6) is -0.471. The van der Waals surface area contributed by atoms with Crippen molar-refractivity contribution in [1.82, 2.24) is 4.98 Å². The van der Waals surface area contributed by atoms with Gasteiger partial charge in [0, 0.05) is 19.8 Å². The van der Waals surface area contributed by atoms with Crippen molar-refractivity contribution in [3.8, 4) is 6.07 Å². The van der Waals surface area contributed by atoms with Gasteiger partial charge in [0.1, 0.15) is 16.9 Å². The molecule has 1 N–H and O–H groups in total. The van der Waals surface area contributed by atoms with E-state index >= 15 is 0 Å². The molecule has 5 nitrogen and oxygen atoms in total. The van der Waals surface area contributed by atoms with E-state index in [2.05, 4.69) is 4.98 Å². The molecule has 0 bridgehead atoms. The molecule has 0 radical (unpaired) electrons. The zero-order valence-electron chi connectivity index (χ0n) is 8.64. The first-order valence-corrected chi connectivity index (χ1v) is 4.91. The number of pyridine rings is 1. The zero-order chi connectivity index (χ0) is 12.1. The fraction of sp³-hybridized carbons (Fsp3) is 0.300. The highest BCUT2D eigenvalue weighted by Crippen LogP contribution is 2.25. The van der Waals surface area contributed by atoms with Crippen LogP contribution >= 0.6 is 11.6 Å². The van der Waals surface area contributed by atoms with Crippen LogP contribution < -0.4 is 4.90 Å². The van der Waals surface area contributed by atoms with E-state index in [-0.39, 0.29) is 18.0 Å². The van der Waals surface area contributed by atoms with Gasteiger partial charge < -0.3 is 10.0 Å². The maximum atomic E-state index is 10.4. The molecule has 84 valence electrons. The van der Waals surface area contributed by atoms with Crippen molar-refractivity contribution >= 4 is 23.4 Å². The third-order valence-electron chi connectivity index (χ3n) is 2.01. The van der Waals surface area contributed by atoms with Gasteiger partial charge in [0.05, 0.1) is 12.0 Å². The molecule has 0 atom stereocenters. The van der Waals surface area contributed by atoms with Gasteiger partial charge in [0.25, 0.3) is 0 Å². The number of rotatable bonds is 4. The lowest BCUT2D eigenvalue weighted by Crippen LogP contribution is -2.22. The lowest BCUT2D eigenvalue weighted by atomic mass is 10.2. The smallest absolute Gasteiger partial charge is 0.305 e. The Labute approximate surface area is 97.9 Å². The van der Waals surface area contributed by atoms with Crippen molar-refractivity contribution in [3.05, 3.63) is 22.8 Å². The van der Waals surface area contributed by atoms with Crippen molar-refractivity contribution in [2.24, 2.45) is 0 Å². The number of hydrogen-bond acceptors (Lipinski definition) is 4. The Morgan fingerprint density at radius 2 is 2.44 bits per heavy atom. The Bertz CT molecular complexity index is 442. The Hall–Kier alpha value is -1.80. The molecule has 6 heteroatoms. The van der Waals surface area contributed by atoms with Crippen LogP contribution in [0.1, 0.15) is 12.0 Å². The summed E-state index contributed by atoms with van der Waals surface area (Å²) in [7, 11) is 1.68. The lowest BCUT2D eigenvalue weighted by Gasteiger charge is -2.18. The first-order chi connectivity index (χ1) is 7.56. The number of aliphatic carboxylic acids is 1. The second-order valence-corrected chi connectivity index (χ2v) is 3.55. The van der Waals surface area contributed by atoms with Gasteiger partial charge >= 0.3 is 5.97 Å². The average molecular weight is 240 g/mol. The van der Waals surface area contributed by atoms with Crippen LogP contribution in [0.25, 0.3) is 0 Å². The standard InChI is InChI=1S/C10H10ClN3O2/c1-14(5-3-8(15)16)10-9(11)7(6-12)2-4-13-10/h2,4H,3,5H2,1H3,(H,15,16). The van der Waals surface area contributed by atoms with Gasteiger partial charge in [-0.1, -0.05) is 11.6 Å². The largest absolute Gasteiger partial charge is 0.481 e. The number of hydrogen-bond donors (Lipinski definition) is 1. The number of aromatic nitrogens is 1. The van der Waals surface area contributed by atoms with Crippen molar-refractivity contribution < 1.29 is 9.90 Å². The minimum Gasteiger partial charge on any atom is -0.481 e. The van der Waals surface area contributed by atoms with Crippen LogP contribution in [0, 0.1) is 11.3 Å². The normalized spacial score (nSPS) is 9.56. The van der Waals surface area contributed by atoms with E-state index in [0.717, 1.165) is 0 Å². The molecule has 1 aromatic rings. The lowest BCUT2D eigenvalue weighted by molar-refractivity contribution is -0.136. The highest BCUT2D eigenvalue weighted by atomic mass is 35.5. The van der Waals surface area contributed by atoms with E-state index in [4.69, 9.17) is 22.0 Å². The third kappa shape index (κ3) is 2.84. The third-order valence-corrected chi connectivity index (χ3v) is 2.39. The maximum Gasteiger partial charge on any atom is 0.305 e. The van der Waals surface area contributed by atoms with E-state index in [1.807, 2.05) is 6.07 Å². The molecule has 0 spiro atoms. The first-order valence-electron chi connectivity index (χ1n) is 4.53. The van der Waals surface area contributed by atoms with Crippen LogP contribution in [0.15, 0.2) is 12.3 Å². The Morgan fingerprint density at radius 1 is 1.75 bits per heavy atom. The highest BCUT2D eigenvalue weighted by molar-refractivity contribution is 6.34. The Kier molecular flexibility index (Phi) is 4.09. The van der Waals surface area contributed by atoms with Crippen molar-refractivity contribution in [3.63, 3.8) is 0 Å². The molecule has 0 unspecified atom stereocenters. The van der Waals surface area contributed by atoms with Gasteiger partial charge in [-0.2, -0.15) is 5.26 Å². The first kappa shape index (κ1) is 12.3. The molecule has 0 saturated carbocycles. The van der Waals surface area contributed by atoms with Crippen molar-refractivity contribution in [2.75, 3.05) is 18.5 Å². The number of halogens is 1. The van der Waals surface area contributed by atoms with Crippen molar-refractivity contribution in [1.29, 1.82) is 5.26 Å². The average Bonchev–Trinajstić information content (AvgIpc) is 2.26.